The van der Waals surface area contributed by atoms with Gasteiger partial charge < -0.3 is 0 Å². The van der Waals surface area contributed by atoms with Gasteiger partial charge in [-0.2, -0.15) is 0 Å². The summed E-state index contributed by atoms with van der Waals surface area (Å²) in [5, 5.41) is 0. The minimum absolute atomic E-state index is 0.808. The van der Waals surface area contributed by atoms with E-state index in [9.17, 15) is 0 Å². The molecule has 0 radical (unpaired) electrons. The highest BCUT2D eigenvalue weighted by molar-refractivity contribution is 5.84. The Labute approximate surface area is 69.9 Å². The zero-order valence-electron chi connectivity index (χ0n) is 7.77. The van der Waals surface area contributed by atoms with Crippen molar-refractivity contribution in [3.05, 3.63) is 0 Å². The third-order valence-corrected chi connectivity index (χ3v) is 2.80. The van der Waals surface area contributed by atoms with Crippen molar-refractivity contribution in [2.24, 2.45) is 10.9 Å². The Kier molecular flexibility index (Phi) is 3.61. The maximum atomic E-state index is 4.27. The van der Waals surface area contributed by atoms with Crippen LogP contribution < -0.4 is 0 Å². The average molecular weight is 153 g/mol. The van der Waals surface area contributed by atoms with Gasteiger partial charge >= 0.3 is 0 Å². The lowest BCUT2D eigenvalue weighted by atomic mass is 9.96. The second-order valence-electron chi connectivity index (χ2n) is 3.55. The Morgan fingerprint density at radius 3 is 2.09 bits per heavy atom. The summed E-state index contributed by atoms with van der Waals surface area (Å²) < 4.78 is 0. The zero-order chi connectivity index (χ0) is 8.10. The summed E-state index contributed by atoms with van der Waals surface area (Å²) in [4.78, 5) is 4.27. The van der Waals surface area contributed by atoms with Crippen LogP contribution in [0, 0.1) is 5.92 Å². The molecule has 0 heterocycles. The van der Waals surface area contributed by atoms with Crippen LogP contribution in [0.25, 0.3) is 0 Å². The lowest BCUT2D eigenvalue weighted by Gasteiger charge is -2.12. The summed E-state index contributed by atoms with van der Waals surface area (Å²) >= 11 is 0. The van der Waals surface area contributed by atoms with Crippen LogP contribution in [-0.2, 0) is 0 Å². The van der Waals surface area contributed by atoms with Crippen molar-refractivity contribution in [1.29, 1.82) is 0 Å². The molecule has 1 aliphatic rings. The van der Waals surface area contributed by atoms with Crippen LogP contribution in [0.15, 0.2) is 4.99 Å². The van der Waals surface area contributed by atoms with Crippen LogP contribution in [0.4, 0.5) is 0 Å². The molecule has 0 aliphatic heterocycles. The molecule has 1 rings (SSSR count). The number of rotatable bonds is 1. The maximum Gasteiger partial charge on any atom is 0.0276 e. The standard InChI is InChI=1S/C10H19N/c1-9(11-2)10-7-5-3-4-6-8-10/h10H,3-8H2,1-2H3. The Morgan fingerprint density at radius 2 is 1.64 bits per heavy atom. The molecule has 0 saturated heterocycles. The molecule has 0 amide bonds. The molecular weight excluding hydrogens is 134 g/mol. The summed E-state index contributed by atoms with van der Waals surface area (Å²) in [6.45, 7) is 2.18. The van der Waals surface area contributed by atoms with E-state index < -0.39 is 0 Å². The Hall–Kier alpha value is -0.330. The summed E-state index contributed by atoms with van der Waals surface area (Å²) in [6, 6.07) is 0. The molecule has 0 aromatic rings. The number of nitrogens with zero attached hydrogens (tertiary/aromatic N) is 1. The van der Waals surface area contributed by atoms with E-state index in [0.29, 0.717) is 0 Å². The van der Waals surface area contributed by atoms with Crippen LogP contribution in [0.1, 0.15) is 45.4 Å². The largest absolute Gasteiger partial charge is 0.297 e. The van der Waals surface area contributed by atoms with Crippen molar-refractivity contribution in [3.8, 4) is 0 Å². The summed E-state index contributed by atoms with van der Waals surface area (Å²) in [7, 11) is 1.92. The predicted molar refractivity (Wildman–Crippen MR) is 50.2 cm³/mol. The maximum absolute atomic E-state index is 4.27. The van der Waals surface area contributed by atoms with Gasteiger partial charge in [0.2, 0.25) is 0 Å². The van der Waals surface area contributed by atoms with Crippen LogP contribution in [0.3, 0.4) is 0 Å². The lowest BCUT2D eigenvalue weighted by Crippen LogP contribution is -2.09. The van der Waals surface area contributed by atoms with Crippen LogP contribution in [0.2, 0.25) is 0 Å². The zero-order valence-corrected chi connectivity index (χ0v) is 7.77. The molecule has 0 spiro atoms. The second-order valence-corrected chi connectivity index (χ2v) is 3.55. The van der Waals surface area contributed by atoms with E-state index in [1.807, 2.05) is 7.05 Å². The third kappa shape index (κ3) is 2.64. The van der Waals surface area contributed by atoms with Crippen LogP contribution in [0.5, 0.6) is 0 Å². The normalized spacial score (nSPS) is 23.3. The molecule has 0 bridgehead atoms. The summed E-state index contributed by atoms with van der Waals surface area (Å²) in [5.74, 6) is 0.808. The molecule has 11 heavy (non-hydrogen) atoms. The molecular formula is C10H19N. The van der Waals surface area contributed by atoms with E-state index in [-0.39, 0.29) is 0 Å². The fraction of sp³-hybridized carbons (Fsp3) is 0.900. The Balaban J connectivity index is 2.42. The van der Waals surface area contributed by atoms with Crippen molar-refractivity contribution in [2.45, 2.75) is 45.4 Å². The molecule has 0 N–H and O–H groups in total. The van der Waals surface area contributed by atoms with Crippen LogP contribution in [-0.4, -0.2) is 12.8 Å². The minimum atomic E-state index is 0.808. The fourth-order valence-corrected chi connectivity index (χ4v) is 1.88. The molecule has 1 saturated carbocycles. The van der Waals surface area contributed by atoms with E-state index in [1.165, 1.54) is 44.2 Å². The van der Waals surface area contributed by atoms with Gasteiger partial charge in [-0.15, -0.1) is 0 Å². The summed E-state index contributed by atoms with van der Waals surface area (Å²) in [6.07, 6.45) is 8.46. The molecule has 1 fully saturated rings. The van der Waals surface area contributed by atoms with E-state index in [1.54, 1.807) is 0 Å². The van der Waals surface area contributed by atoms with Crippen molar-refractivity contribution >= 4 is 5.71 Å². The van der Waals surface area contributed by atoms with Gasteiger partial charge in [0, 0.05) is 12.8 Å². The first-order valence-corrected chi connectivity index (χ1v) is 4.78. The number of hydrogen-bond acceptors (Lipinski definition) is 1. The molecule has 0 atom stereocenters. The van der Waals surface area contributed by atoms with E-state index in [0.717, 1.165) is 5.92 Å². The van der Waals surface area contributed by atoms with Crippen molar-refractivity contribution < 1.29 is 0 Å². The van der Waals surface area contributed by atoms with Gasteiger partial charge in [-0.1, -0.05) is 25.7 Å². The first-order valence-electron chi connectivity index (χ1n) is 4.78. The molecule has 0 aromatic carbocycles. The smallest absolute Gasteiger partial charge is 0.0276 e. The third-order valence-electron chi connectivity index (χ3n) is 2.80. The minimum Gasteiger partial charge on any atom is -0.297 e. The van der Waals surface area contributed by atoms with Gasteiger partial charge in [-0.3, -0.25) is 4.99 Å². The summed E-state index contributed by atoms with van der Waals surface area (Å²) in [5.41, 5.74) is 1.37. The average Bonchev–Trinajstić information content (AvgIpc) is 2.30. The Morgan fingerprint density at radius 1 is 1.09 bits per heavy atom. The highest BCUT2D eigenvalue weighted by Gasteiger charge is 2.13. The van der Waals surface area contributed by atoms with Gasteiger partial charge in [-0.25, -0.2) is 0 Å². The Bertz CT molecular complexity index is 130. The van der Waals surface area contributed by atoms with E-state index in [2.05, 4.69) is 11.9 Å². The van der Waals surface area contributed by atoms with Crippen molar-refractivity contribution in [1.82, 2.24) is 0 Å². The molecule has 1 nitrogen and oxygen atoms in total. The molecule has 1 heteroatoms. The quantitative estimate of drug-likeness (QED) is 0.405. The van der Waals surface area contributed by atoms with Crippen molar-refractivity contribution in [3.63, 3.8) is 0 Å². The van der Waals surface area contributed by atoms with Crippen molar-refractivity contribution in [2.75, 3.05) is 7.05 Å². The SMILES string of the molecule is CN=C(C)C1CCCCCC1. The van der Waals surface area contributed by atoms with Gasteiger partial charge in [-0.05, 0) is 25.7 Å². The van der Waals surface area contributed by atoms with Gasteiger partial charge in [0.15, 0.2) is 0 Å². The monoisotopic (exact) mass is 153 g/mol. The first-order chi connectivity index (χ1) is 5.34. The number of aliphatic imine (C=N–C) groups is 1. The van der Waals surface area contributed by atoms with Gasteiger partial charge in [0.25, 0.3) is 0 Å². The van der Waals surface area contributed by atoms with Crippen LogP contribution >= 0.6 is 0 Å². The predicted octanol–water partition coefficient (Wildman–Crippen LogP) is 3.05. The number of hydrogen-bond donors (Lipinski definition) is 0. The van der Waals surface area contributed by atoms with E-state index >= 15 is 0 Å². The van der Waals surface area contributed by atoms with Gasteiger partial charge in [0.05, 0.1) is 0 Å². The topological polar surface area (TPSA) is 12.4 Å². The highest BCUT2D eigenvalue weighted by atomic mass is 14.7. The molecule has 1 aliphatic carbocycles. The lowest BCUT2D eigenvalue weighted by molar-refractivity contribution is 0.588. The molecule has 0 unspecified atom stereocenters. The second kappa shape index (κ2) is 4.53. The van der Waals surface area contributed by atoms with E-state index in [4.69, 9.17) is 0 Å². The molecule has 64 valence electrons. The molecule has 0 aromatic heterocycles. The first kappa shape index (κ1) is 8.76. The van der Waals surface area contributed by atoms with Gasteiger partial charge in [0.1, 0.15) is 0 Å². The fourth-order valence-electron chi connectivity index (χ4n) is 1.88. The highest BCUT2D eigenvalue weighted by Crippen LogP contribution is 2.23.